The number of carbonyl (C=O) groups excluding carboxylic acids is 1. The zero-order valence-corrected chi connectivity index (χ0v) is 13.0. The highest BCUT2D eigenvalue weighted by Crippen LogP contribution is 2.24. The lowest BCUT2D eigenvalue weighted by molar-refractivity contribution is 0.102. The summed E-state index contributed by atoms with van der Waals surface area (Å²) in [6, 6.07) is 13.5. The third kappa shape index (κ3) is 2.44. The molecular formula is C18H15N5O. The number of nitrogens with one attached hydrogen (secondary N) is 3. The van der Waals surface area contributed by atoms with Crippen LogP contribution in [0.4, 0.5) is 5.69 Å². The van der Waals surface area contributed by atoms with Crippen LogP contribution in [0, 0.1) is 6.92 Å². The number of anilines is 1. The average molecular weight is 317 g/mol. The lowest BCUT2D eigenvalue weighted by Crippen LogP contribution is -2.12. The van der Waals surface area contributed by atoms with E-state index in [2.05, 4.69) is 25.7 Å². The summed E-state index contributed by atoms with van der Waals surface area (Å²) >= 11 is 0. The summed E-state index contributed by atoms with van der Waals surface area (Å²) in [4.78, 5) is 12.7. The van der Waals surface area contributed by atoms with E-state index in [1.165, 1.54) is 0 Å². The van der Waals surface area contributed by atoms with Crippen molar-refractivity contribution in [3.63, 3.8) is 0 Å². The number of hydrogen-bond acceptors (Lipinski definition) is 3. The summed E-state index contributed by atoms with van der Waals surface area (Å²) in [7, 11) is 0. The van der Waals surface area contributed by atoms with Crippen LogP contribution in [0.15, 0.2) is 54.9 Å². The van der Waals surface area contributed by atoms with Gasteiger partial charge in [0.05, 0.1) is 29.2 Å². The Bertz CT molecular complexity index is 1020. The molecule has 118 valence electrons. The van der Waals surface area contributed by atoms with E-state index in [9.17, 15) is 4.79 Å². The van der Waals surface area contributed by atoms with Crippen molar-refractivity contribution in [2.24, 2.45) is 0 Å². The van der Waals surface area contributed by atoms with Gasteiger partial charge in [0, 0.05) is 16.6 Å². The van der Waals surface area contributed by atoms with Crippen LogP contribution in [-0.4, -0.2) is 26.3 Å². The van der Waals surface area contributed by atoms with Crippen molar-refractivity contribution in [3.8, 4) is 11.3 Å². The highest BCUT2D eigenvalue weighted by atomic mass is 16.1. The Morgan fingerprint density at radius 2 is 1.83 bits per heavy atom. The molecule has 0 radical (unpaired) electrons. The lowest BCUT2D eigenvalue weighted by Gasteiger charge is -2.07. The summed E-state index contributed by atoms with van der Waals surface area (Å²) in [6.07, 6.45) is 3.32. The number of H-pyrrole nitrogens is 2. The molecule has 3 N–H and O–H groups in total. The summed E-state index contributed by atoms with van der Waals surface area (Å²) in [5.41, 5.74) is 4.78. The molecule has 4 aromatic rings. The van der Waals surface area contributed by atoms with Crippen LogP contribution < -0.4 is 5.32 Å². The lowest BCUT2D eigenvalue weighted by atomic mass is 10.1. The van der Waals surface area contributed by atoms with E-state index in [-0.39, 0.29) is 5.91 Å². The summed E-state index contributed by atoms with van der Waals surface area (Å²) in [6.45, 7) is 1.99. The molecule has 24 heavy (non-hydrogen) atoms. The topological polar surface area (TPSA) is 86.5 Å². The van der Waals surface area contributed by atoms with E-state index in [4.69, 9.17) is 0 Å². The molecule has 0 unspecified atom stereocenters. The molecule has 0 bridgehead atoms. The first-order chi connectivity index (χ1) is 11.7. The number of nitrogens with zero attached hydrogens (tertiary/aromatic N) is 2. The summed E-state index contributed by atoms with van der Waals surface area (Å²) < 4.78 is 0. The fourth-order valence-corrected chi connectivity index (χ4v) is 2.78. The standard InChI is InChI=1S/C18H15N5O/c1-11-7-13(8-16-14(11)9-19-22-16)21-18(24)15-10-20-23-17(15)12-5-3-2-4-6-12/h2-10H,1H3,(H,19,22)(H,20,23)(H,21,24). The molecular weight excluding hydrogens is 302 g/mol. The van der Waals surface area contributed by atoms with Crippen molar-refractivity contribution in [2.45, 2.75) is 6.92 Å². The molecule has 0 fully saturated rings. The van der Waals surface area contributed by atoms with Gasteiger partial charge in [0.15, 0.2) is 0 Å². The van der Waals surface area contributed by atoms with Gasteiger partial charge in [0.2, 0.25) is 0 Å². The molecule has 0 aliphatic carbocycles. The van der Waals surface area contributed by atoms with Crippen molar-refractivity contribution in [1.82, 2.24) is 20.4 Å². The minimum atomic E-state index is -0.208. The molecule has 6 nitrogen and oxygen atoms in total. The number of amides is 1. The van der Waals surface area contributed by atoms with Gasteiger partial charge in [-0.3, -0.25) is 15.0 Å². The second-order valence-electron chi connectivity index (χ2n) is 5.60. The van der Waals surface area contributed by atoms with Gasteiger partial charge in [-0.25, -0.2) is 0 Å². The van der Waals surface area contributed by atoms with E-state index in [1.54, 1.807) is 12.4 Å². The maximum absolute atomic E-state index is 12.7. The van der Waals surface area contributed by atoms with Crippen LogP contribution in [0.1, 0.15) is 15.9 Å². The fourth-order valence-electron chi connectivity index (χ4n) is 2.78. The summed E-state index contributed by atoms with van der Waals surface area (Å²) in [5.74, 6) is -0.208. The highest BCUT2D eigenvalue weighted by molar-refractivity contribution is 6.08. The van der Waals surface area contributed by atoms with Crippen LogP contribution in [0.3, 0.4) is 0 Å². The van der Waals surface area contributed by atoms with Gasteiger partial charge in [0.25, 0.3) is 5.91 Å². The van der Waals surface area contributed by atoms with E-state index < -0.39 is 0 Å². The number of benzene rings is 2. The average Bonchev–Trinajstić information content (AvgIpc) is 3.25. The quantitative estimate of drug-likeness (QED) is 0.540. The van der Waals surface area contributed by atoms with Crippen molar-refractivity contribution < 1.29 is 4.79 Å². The van der Waals surface area contributed by atoms with Crippen LogP contribution in [0.25, 0.3) is 22.2 Å². The van der Waals surface area contributed by atoms with Crippen molar-refractivity contribution in [2.75, 3.05) is 5.32 Å². The van der Waals surface area contributed by atoms with Crippen LogP contribution >= 0.6 is 0 Å². The molecule has 0 saturated carbocycles. The van der Waals surface area contributed by atoms with Gasteiger partial charge >= 0.3 is 0 Å². The first-order valence-electron chi connectivity index (χ1n) is 7.56. The van der Waals surface area contributed by atoms with Crippen molar-refractivity contribution in [1.29, 1.82) is 0 Å². The van der Waals surface area contributed by atoms with E-state index in [1.807, 2.05) is 49.4 Å². The smallest absolute Gasteiger partial charge is 0.259 e. The largest absolute Gasteiger partial charge is 0.322 e. The third-order valence-electron chi connectivity index (χ3n) is 3.97. The van der Waals surface area contributed by atoms with Crippen LogP contribution in [-0.2, 0) is 0 Å². The Balaban J connectivity index is 1.66. The summed E-state index contributed by atoms with van der Waals surface area (Å²) in [5, 5.41) is 17.9. The fraction of sp³-hybridized carbons (Fsp3) is 0.0556. The molecule has 0 spiro atoms. The minimum absolute atomic E-state index is 0.208. The van der Waals surface area contributed by atoms with E-state index in [0.717, 1.165) is 27.7 Å². The van der Waals surface area contributed by atoms with Gasteiger partial charge in [-0.2, -0.15) is 10.2 Å². The van der Waals surface area contributed by atoms with Crippen LogP contribution in [0.2, 0.25) is 0 Å². The third-order valence-corrected chi connectivity index (χ3v) is 3.97. The predicted molar refractivity (Wildman–Crippen MR) is 92.8 cm³/mol. The van der Waals surface area contributed by atoms with Gasteiger partial charge in [0.1, 0.15) is 0 Å². The Hall–Kier alpha value is -3.41. The maximum Gasteiger partial charge on any atom is 0.259 e. The first kappa shape index (κ1) is 14.2. The molecule has 0 aliphatic heterocycles. The highest BCUT2D eigenvalue weighted by Gasteiger charge is 2.16. The van der Waals surface area contributed by atoms with Gasteiger partial charge in [-0.05, 0) is 24.6 Å². The molecule has 6 heteroatoms. The van der Waals surface area contributed by atoms with Gasteiger partial charge in [-0.1, -0.05) is 30.3 Å². The zero-order chi connectivity index (χ0) is 16.5. The number of fused-ring (bicyclic) bond motifs is 1. The number of aromatic amines is 2. The zero-order valence-electron chi connectivity index (χ0n) is 13.0. The maximum atomic E-state index is 12.7. The molecule has 2 aromatic heterocycles. The van der Waals surface area contributed by atoms with E-state index >= 15 is 0 Å². The number of aromatic nitrogens is 4. The first-order valence-corrected chi connectivity index (χ1v) is 7.56. The predicted octanol–water partition coefficient (Wildman–Crippen LogP) is 3.51. The molecule has 2 heterocycles. The minimum Gasteiger partial charge on any atom is -0.322 e. The Morgan fingerprint density at radius 1 is 1.04 bits per heavy atom. The molecule has 4 rings (SSSR count). The van der Waals surface area contributed by atoms with E-state index in [0.29, 0.717) is 11.3 Å². The number of carbonyl (C=O) groups is 1. The number of aryl methyl sites for hydroxylation is 1. The molecule has 0 saturated heterocycles. The van der Waals surface area contributed by atoms with Crippen molar-refractivity contribution in [3.05, 3.63) is 66.0 Å². The monoisotopic (exact) mass is 317 g/mol. The second-order valence-corrected chi connectivity index (χ2v) is 5.60. The number of rotatable bonds is 3. The molecule has 2 aromatic carbocycles. The molecule has 0 atom stereocenters. The Labute approximate surface area is 137 Å². The van der Waals surface area contributed by atoms with Gasteiger partial charge in [-0.15, -0.1) is 0 Å². The number of hydrogen-bond donors (Lipinski definition) is 3. The molecule has 0 aliphatic rings. The Morgan fingerprint density at radius 3 is 2.67 bits per heavy atom. The van der Waals surface area contributed by atoms with Crippen molar-refractivity contribution >= 4 is 22.5 Å². The second kappa shape index (κ2) is 5.66. The SMILES string of the molecule is Cc1cc(NC(=O)c2cn[nH]c2-c2ccccc2)cc2[nH]ncc12. The van der Waals surface area contributed by atoms with Gasteiger partial charge < -0.3 is 5.32 Å². The normalized spacial score (nSPS) is 10.9. The molecule has 1 amide bonds. The van der Waals surface area contributed by atoms with Crippen LogP contribution in [0.5, 0.6) is 0 Å². The Kier molecular flexibility index (Phi) is 3.35.